The number of carbonyl (C=O) groups excluding carboxylic acids is 1. The second-order valence-electron chi connectivity index (χ2n) is 4.36. The van der Waals surface area contributed by atoms with Gasteiger partial charge in [0.25, 0.3) is 5.91 Å². The summed E-state index contributed by atoms with van der Waals surface area (Å²) in [5.41, 5.74) is 3.58. The Balaban J connectivity index is 1.81. The lowest BCUT2D eigenvalue weighted by Crippen LogP contribution is -2.25. The summed E-state index contributed by atoms with van der Waals surface area (Å²) in [5, 5.41) is 4.08. The van der Waals surface area contributed by atoms with Crippen LogP contribution in [0.2, 0.25) is 0 Å². The van der Waals surface area contributed by atoms with Crippen molar-refractivity contribution in [2.45, 2.75) is 25.7 Å². The van der Waals surface area contributed by atoms with Gasteiger partial charge in [0.15, 0.2) is 18.1 Å². The van der Waals surface area contributed by atoms with E-state index in [1.54, 1.807) is 19.2 Å². The number of hydrogen-bond acceptors (Lipinski definition) is 4. The molecule has 1 saturated carbocycles. The molecule has 0 saturated heterocycles. The molecular weight excluding hydrogens is 244 g/mol. The highest BCUT2D eigenvalue weighted by Gasteiger charge is 2.09. The molecule has 5 nitrogen and oxygen atoms in total. The molecule has 1 aliphatic carbocycles. The Morgan fingerprint density at radius 1 is 1.26 bits per heavy atom. The number of hydrogen-bond donors (Lipinski definition) is 1. The zero-order valence-electron chi connectivity index (χ0n) is 11.0. The number of carbonyl (C=O) groups is 1. The van der Waals surface area contributed by atoms with Gasteiger partial charge in [0.2, 0.25) is 0 Å². The fourth-order valence-electron chi connectivity index (χ4n) is 1.95. The van der Waals surface area contributed by atoms with E-state index >= 15 is 0 Å². The van der Waals surface area contributed by atoms with E-state index in [9.17, 15) is 4.79 Å². The molecule has 1 aromatic rings. The summed E-state index contributed by atoms with van der Waals surface area (Å²) < 4.78 is 10.5. The quantitative estimate of drug-likeness (QED) is 0.827. The lowest BCUT2D eigenvalue weighted by molar-refractivity contribution is -0.123. The minimum absolute atomic E-state index is 0.0723. The van der Waals surface area contributed by atoms with E-state index in [0.717, 1.165) is 31.4 Å². The highest BCUT2D eigenvalue weighted by atomic mass is 16.5. The van der Waals surface area contributed by atoms with Crippen molar-refractivity contribution in [3.63, 3.8) is 0 Å². The van der Waals surface area contributed by atoms with Crippen LogP contribution in [0.5, 0.6) is 11.5 Å². The van der Waals surface area contributed by atoms with Crippen LogP contribution in [0.4, 0.5) is 0 Å². The minimum Gasteiger partial charge on any atom is -0.493 e. The minimum atomic E-state index is -0.259. The summed E-state index contributed by atoms with van der Waals surface area (Å²) in [5.74, 6) is 0.899. The smallest absolute Gasteiger partial charge is 0.277 e. The van der Waals surface area contributed by atoms with Crippen molar-refractivity contribution >= 4 is 11.6 Å². The van der Waals surface area contributed by atoms with Crippen LogP contribution in [-0.2, 0) is 4.79 Å². The third kappa shape index (κ3) is 3.98. The maximum absolute atomic E-state index is 11.6. The first-order valence-electron chi connectivity index (χ1n) is 6.39. The van der Waals surface area contributed by atoms with Gasteiger partial charge in [-0.15, -0.1) is 0 Å². The molecule has 0 bridgehead atoms. The molecule has 0 aromatic heterocycles. The molecule has 0 radical (unpaired) electrons. The van der Waals surface area contributed by atoms with E-state index in [4.69, 9.17) is 9.47 Å². The molecule has 2 rings (SSSR count). The van der Waals surface area contributed by atoms with Crippen LogP contribution in [0.15, 0.2) is 29.4 Å². The highest BCUT2D eigenvalue weighted by molar-refractivity contribution is 5.87. The monoisotopic (exact) mass is 262 g/mol. The van der Waals surface area contributed by atoms with E-state index in [1.807, 2.05) is 12.1 Å². The second kappa shape index (κ2) is 6.78. The van der Waals surface area contributed by atoms with Crippen molar-refractivity contribution in [1.29, 1.82) is 0 Å². The summed E-state index contributed by atoms with van der Waals surface area (Å²) in [6, 6.07) is 7.22. The molecule has 0 heterocycles. The Morgan fingerprint density at radius 3 is 2.63 bits per heavy atom. The van der Waals surface area contributed by atoms with Gasteiger partial charge in [0.05, 0.1) is 7.11 Å². The third-order valence-electron chi connectivity index (χ3n) is 2.95. The molecule has 5 heteroatoms. The summed E-state index contributed by atoms with van der Waals surface area (Å²) >= 11 is 0. The average molecular weight is 262 g/mol. The maximum Gasteiger partial charge on any atom is 0.277 e. The molecule has 1 fully saturated rings. The molecule has 19 heavy (non-hydrogen) atoms. The van der Waals surface area contributed by atoms with E-state index in [-0.39, 0.29) is 12.5 Å². The number of rotatable bonds is 5. The van der Waals surface area contributed by atoms with Crippen molar-refractivity contribution in [3.8, 4) is 11.5 Å². The number of nitrogens with zero attached hydrogens (tertiary/aromatic N) is 1. The molecule has 0 aliphatic heterocycles. The van der Waals surface area contributed by atoms with Crippen molar-refractivity contribution in [2.75, 3.05) is 13.7 Å². The number of hydrazone groups is 1. The second-order valence-corrected chi connectivity index (χ2v) is 4.36. The lowest BCUT2D eigenvalue weighted by Gasteiger charge is -2.09. The van der Waals surface area contributed by atoms with E-state index < -0.39 is 0 Å². The largest absolute Gasteiger partial charge is 0.493 e. The van der Waals surface area contributed by atoms with Crippen LogP contribution in [-0.4, -0.2) is 25.3 Å². The van der Waals surface area contributed by atoms with Gasteiger partial charge in [-0.25, -0.2) is 5.43 Å². The van der Waals surface area contributed by atoms with Crippen LogP contribution < -0.4 is 14.9 Å². The molecule has 0 spiro atoms. The van der Waals surface area contributed by atoms with E-state index in [1.165, 1.54) is 0 Å². The van der Waals surface area contributed by atoms with Crippen molar-refractivity contribution in [1.82, 2.24) is 5.43 Å². The van der Waals surface area contributed by atoms with Gasteiger partial charge in [-0.1, -0.05) is 12.1 Å². The molecule has 102 valence electrons. The van der Waals surface area contributed by atoms with Crippen LogP contribution in [0, 0.1) is 0 Å². The Hall–Kier alpha value is -2.04. The van der Waals surface area contributed by atoms with Crippen molar-refractivity contribution < 1.29 is 14.3 Å². The number of amides is 1. The van der Waals surface area contributed by atoms with Gasteiger partial charge < -0.3 is 9.47 Å². The van der Waals surface area contributed by atoms with Gasteiger partial charge in [-0.2, -0.15) is 5.10 Å². The molecule has 1 N–H and O–H groups in total. The first kappa shape index (κ1) is 13.4. The van der Waals surface area contributed by atoms with Gasteiger partial charge in [-0.3, -0.25) is 4.79 Å². The normalized spacial score (nSPS) is 14.1. The van der Waals surface area contributed by atoms with Crippen molar-refractivity contribution in [2.24, 2.45) is 5.10 Å². The number of benzene rings is 1. The van der Waals surface area contributed by atoms with Crippen molar-refractivity contribution in [3.05, 3.63) is 24.3 Å². The average Bonchev–Trinajstić information content (AvgIpc) is 2.96. The molecule has 1 amide bonds. The molecular formula is C14H18N2O3. The summed E-state index contributed by atoms with van der Waals surface area (Å²) in [7, 11) is 1.56. The predicted octanol–water partition coefficient (Wildman–Crippen LogP) is 2.12. The fraction of sp³-hybridized carbons (Fsp3) is 0.429. The predicted molar refractivity (Wildman–Crippen MR) is 72.5 cm³/mol. The summed E-state index contributed by atoms with van der Waals surface area (Å²) in [6.45, 7) is -0.0723. The van der Waals surface area contributed by atoms with Gasteiger partial charge >= 0.3 is 0 Å². The molecule has 0 unspecified atom stereocenters. The number of ether oxygens (including phenoxy) is 2. The van der Waals surface area contributed by atoms with Crippen LogP contribution in [0.1, 0.15) is 25.7 Å². The summed E-state index contributed by atoms with van der Waals surface area (Å²) in [4.78, 5) is 11.6. The number of nitrogens with one attached hydrogen (secondary N) is 1. The fourth-order valence-corrected chi connectivity index (χ4v) is 1.95. The Labute approximate surface area is 112 Å². The molecule has 1 aliphatic rings. The molecule has 1 aromatic carbocycles. The summed E-state index contributed by atoms with van der Waals surface area (Å²) in [6.07, 6.45) is 4.28. The van der Waals surface area contributed by atoms with Gasteiger partial charge in [-0.05, 0) is 37.8 Å². The highest BCUT2D eigenvalue weighted by Crippen LogP contribution is 2.25. The lowest BCUT2D eigenvalue weighted by atomic mass is 10.3. The third-order valence-corrected chi connectivity index (χ3v) is 2.95. The first-order valence-corrected chi connectivity index (χ1v) is 6.39. The zero-order valence-corrected chi connectivity index (χ0v) is 11.0. The topological polar surface area (TPSA) is 59.9 Å². The Morgan fingerprint density at radius 2 is 1.95 bits per heavy atom. The SMILES string of the molecule is COc1ccccc1OCC(=O)NN=C1CCCC1. The number of methoxy groups -OCH3 is 1. The van der Waals surface area contributed by atoms with Crippen LogP contribution in [0.3, 0.4) is 0 Å². The van der Waals surface area contributed by atoms with E-state index in [0.29, 0.717) is 11.5 Å². The standard InChI is InChI=1S/C14H18N2O3/c1-18-12-8-4-5-9-13(12)19-10-14(17)16-15-11-6-2-3-7-11/h4-5,8-9H,2-3,6-7,10H2,1H3,(H,16,17). The Kier molecular flexibility index (Phi) is 4.78. The van der Waals surface area contributed by atoms with Crippen LogP contribution >= 0.6 is 0 Å². The Bertz CT molecular complexity index is 464. The van der Waals surface area contributed by atoms with Crippen LogP contribution in [0.25, 0.3) is 0 Å². The van der Waals surface area contributed by atoms with Gasteiger partial charge in [0, 0.05) is 5.71 Å². The first-order chi connectivity index (χ1) is 9.29. The van der Waals surface area contributed by atoms with Gasteiger partial charge in [0.1, 0.15) is 0 Å². The van der Waals surface area contributed by atoms with E-state index in [2.05, 4.69) is 10.5 Å². The number of para-hydroxylation sites is 2. The maximum atomic E-state index is 11.6. The zero-order chi connectivity index (χ0) is 13.5. The molecule has 0 atom stereocenters.